The van der Waals surface area contributed by atoms with Gasteiger partial charge >= 0.3 is 0 Å². The molecule has 0 bridgehead atoms. The van der Waals surface area contributed by atoms with Gasteiger partial charge in [-0.2, -0.15) is 0 Å². The van der Waals surface area contributed by atoms with E-state index in [9.17, 15) is 5.11 Å². The summed E-state index contributed by atoms with van der Waals surface area (Å²) in [5, 5.41) is 11.1. The summed E-state index contributed by atoms with van der Waals surface area (Å²) in [6, 6.07) is 0. The number of hydrogen-bond donors (Lipinski definition) is 1. The van der Waals surface area contributed by atoms with Crippen LogP contribution < -0.4 is 0 Å². The molecule has 2 saturated heterocycles. The maximum absolute atomic E-state index is 11.1. The van der Waals surface area contributed by atoms with Gasteiger partial charge in [0.05, 0.1) is 11.0 Å². The molecule has 0 aromatic heterocycles. The van der Waals surface area contributed by atoms with Crippen molar-refractivity contribution in [1.29, 1.82) is 0 Å². The van der Waals surface area contributed by atoms with Crippen molar-refractivity contribution in [2.75, 3.05) is 0 Å². The predicted octanol–water partition coefficient (Wildman–Crippen LogP) is 3.58. The van der Waals surface area contributed by atoms with E-state index in [1.807, 2.05) is 6.92 Å². The summed E-state index contributed by atoms with van der Waals surface area (Å²) in [5.74, 6) is 0. The smallest absolute Gasteiger partial charge is 0.157 e. The van der Waals surface area contributed by atoms with E-state index in [0.29, 0.717) is 6.42 Å². The number of aliphatic hydroxyl groups excluding tert-OH is 1. The number of aliphatic hydroxyl groups is 1. The minimum Gasteiger partial charge on any atom is -0.392 e. The van der Waals surface area contributed by atoms with Crippen LogP contribution in [-0.4, -0.2) is 43.2 Å². The Morgan fingerprint density at radius 1 is 1.10 bits per heavy atom. The van der Waals surface area contributed by atoms with Crippen LogP contribution in [0.5, 0.6) is 0 Å². The Balaban J connectivity index is 1.85. The fourth-order valence-corrected chi connectivity index (χ4v) is 7.01. The SMILES string of the molecule is CC1(Cl)CC(O)C2(CC1Br)C(C)(C)[C@]1(Br)OC1[C@H]1O[C@]12C. The van der Waals surface area contributed by atoms with Gasteiger partial charge in [-0.1, -0.05) is 45.7 Å². The third-order valence-electron chi connectivity index (χ3n) is 6.91. The zero-order chi connectivity index (χ0) is 15.6. The topological polar surface area (TPSA) is 45.3 Å². The van der Waals surface area contributed by atoms with Crippen LogP contribution in [0.2, 0.25) is 0 Å². The lowest BCUT2D eigenvalue weighted by molar-refractivity contribution is -0.151. The molecule has 2 aliphatic carbocycles. The molecular weight excluding hydrogens is 423 g/mol. The molecule has 8 atom stereocenters. The Bertz CT molecular complexity index is 527. The van der Waals surface area contributed by atoms with Crippen molar-refractivity contribution >= 4 is 43.5 Å². The minimum absolute atomic E-state index is 0.0685. The first-order valence-electron chi connectivity index (χ1n) is 7.50. The number of alkyl halides is 3. The van der Waals surface area contributed by atoms with Gasteiger partial charge in [0.25, 0.3) is 0 Å². The van der Waals surface area contributed by atoms with Crippen molar-refractivity contribution in [2.24, 2.45) is 10.8 Å². The Kier molecular flexibility index (Phi) is 2.87. The summed E-state index contributed by atoms with van der Waals surface area (Å²) >= 11 is 14.2. The lowest BCUT2D eigenvalue weighted by Gasteiger charge is -2.60. The molecule has 2 aliphatic heterocycles. The van der Waals surface area contributed by atoms with Crippen molar-refractivity contribution in [2.45, 2.75) is 78.7 Å². The number of ether oxygens (including phenoxy) is 2. The summed E-state index contributed by atoms with van der Waals surface area (Å²) in [6.45, 7) is 8.50. The minimum atomic E-state index is -0.515. The molecule has 0 radical (unpaired) electrons. The average Bonchev–Trinajstić information content (AvgIpc) is 3.19. The van der Waals surface area contributed by atoms with Crippen LogP contribution in [0, 0.1) is 10.8 Å². The molecule has 4 rings (SSSR count). The fraction of sp³-hybridized carbons (Fsp3) is 1.00. The molecule has 4 fully saturated rings. The highest BCUT2D eigenvalue weighted by Gasteiger charge is 2.90. The van der Waals surface area contributed by atoms with E-state index in [-0.39, 0.29) is 33.5 Å². The Labute approximate surface area is 147 Å². The maximum atomic E-state index is 11.1. The molecule has 4 aliphatic rings. The van der Waals surface area contributed by atoms with E-state index in [2.05, 4.69) is 52.6 Å². The fourth-order valence-electron chi connectivity index (χ4n) is 5.29. The maximum Gasteiger partial charge on any atom is 0.157 e. The van der Waals surface area contributed by atoms with Crippen LogP contribution >= 0.6 is 43.5 Å². The number of halogens is 3. The number of hydrogen-bond acceptors (Lipinski definition) is 3. The van der Waals surface area contributed by atoms with Gasteiger partial charge in [0.1, 0.15) is 17.8 Å². The molecule has 3 nitrogen and oxygen atoms in total. The van der Waals surface area contributed by atoms with E-state index in [1.54, 1.807) is 0 Å². The van der Waals surface area contributed by atoms with E-state index in [1.165, 1.54) is 0 Å². The van der Waals surface area contributed by atoms with Gasteiger partial charge in [0, 0.05) is 15.7 Å². The number of epoxide rings is 2. The molecule has 0 amide bonds. The molecule has 2 heterocycles. The summed E-state index contributed by atoms with van der Waals surface area (Å²) in [7, 11) is 0. The van der Waals surface area contributed by atoms with E-state index < -0.39 is 15.5 Å². The second kappa shape index (κ2) is 3.85. The number of rotatable bonds is 0. The summed E-state index contributed by atoms with van der Waals surface area (Å²) in [4.78, 5) is -0.315. The first kappa shape index (κ1) is 15.6. The van der Waals surface area contributed by atoms with Crippen molar-refractivity contribution in [3.63, 3.8) is 0 Å². The van der Waals surface area contributed by atoms with Crippen LogP contribution in [0.25, 0.3) is 0 Å². The molecule has 0 aromatic carbocycles. The summed E-state index contributed by atoms with van der Waals surface area (Å²) in [6.07, 6.45) is 0.969. The van der Waals surface area contributed by atoms with Crippen molar-refractivity contribution in [3.05, 3.63) is 0 Å². The Hall–Kier alpha value is 1.13. The van der Waals surface area contributed by atoms with Crippen LogP contribution in [-0.2, 0) is 9.47 Å². The molecule has 120 valence electrons. The lowest BCUT2D eigenvalue weighted by Crippen LogP contribution is -2.68. The van der Waals surface area contributed by atoms with E-state index >= 15 is 0 Å². The largest absolute Gasteiger partial charge is 0.392 e. The molecule has 5 unspecified atom stereocenters. The van der Waals surface area contributed by atoms with Crippen molar-refractivity contribution in [3.8, 4) is 0 Å². The molecule has 1 spiro atoms. The summed E-state index contributed by atoms with van der Waals surface area (Å²) < 4.78 is 11.7. The van der Waals surface area contributed by atoms with Gasteiger partial charge in [-0.3, -0.25) is 0 Å². The van der Waals surface area contributed by atoms with Gasteiger partial charge in [0.15, 0.2) is 4.51 Å². The van der Waals surface area contributed by atoms with Gasteiger partial charge in [-0.05, 0) is 26.7 Å². The first-order chi connectivity index (χ1) is 9.44. The van der Waals surface area contributed by atoms with Gasteiger partial charge < -0.3 is 14.6 Å². The predicted molar refractivity (Wildman–Crippen MR) is 88.2 cm³/mol. The monoisotopic (exact) mass is 442 g/mol. The third-order valence-corrected chi connectivity index (χ3v) is 10.6. The van der Waals surface area contributed by atoms with E-state index in [4.69, 9.17) is 21.1 Å². The second-order valence-electron chi connectivity index (χ2n) is 8.09. The van der Waals surface area contributed by atoms with Crippen molar-refractivity contribution in [1.82, 2.24) is 0 Å². The molecule has 0 aromatic rings. The van der Waals surface area contributed by atoms with Gasteiger partial charge in [-0.25, -0.2) is 0 Å². The zero-order valence-corrected chi connectivity index (χ0v) is 16.5. The number of fused-ring (bicyclic) bond motifs is 4. The summed E-state index contributed by atoms with van der Waals surface area (Å²) in [5.41, 5.74) is -0.983. The Morgan fingerprint density at radius 2 is 1.71 bits per heavy atom. The standard InChI is InChI=1S/C15H21Br2ClO3/c1-11(2)14(5-7(16)12(3,18)6-8(14)19)13(4)9(20-13)10-15(11,17)21-10/h7-10,19H,5-6H2,1-4H3/t7?,8?,9-,10?,12?,13-,14?,15-/m1/s1. The van der Waals surface area contributed by atoms with Crippen LogP contribution in [0.1, 0.15) is 40.5 Å². The molecular formula is C15H21Br2ClO3. The van der Waals surface area contributed by atoms with Crippen molar-refractivity contribution < 1.29 is 14.6 Å². The third kappa shape index (κ3) is 1.49. The highest BCUT2D eigenvalue weighted by atomic mass is 79.9. The highest BCUT2D eigenvalue weighted by molar-refractivity contribution is 9.10. The second-order valence-corrected chi connectivity index (χ2v) is 11.2. The van der Waals surface area contributed by atoms with E-state index in [0.717, 1.165) is 6.42 Å². The van der Waals surface area contributed by atoms with Gasteiger partial charge in [0.2, 0.25) is 0 Å². The lowest BCUT2D eigenvalue weighted by atomic mass is 9.46. The molecule has 21 heavy (non-hydrogen) atoms. The van der Waals surface area contributed by atoms with Crippen LogP contribution in [0.4, 0.5) is 0 Å². The first-order valence-corrected chi connectivity index (χ1v) is 9.58. The average molecular weight is 445 g/mol. The van der Waals surface area contributed by atoms with Crippen LogP contribution in [0.3, 0.4) is 0 Å². The normalized spacial score (nSPS) is 67.4. The molecule has 2 saturated carbocycles. The quantitative estimate of drug-likeness (QED) is 0.459. The Morgan fingerprint density at radius 3 is 2.33 bits per heavy atom. The highest BCUT2D eigenvalue weighted by Crippen LogP contribution is 2.80. The molecule has 1 N–H and O–H groups in total. The van der Waals surface area contributed by atoms with Gasteiger partial charge in [-0.15, -0.1) is 11.6 Å². The molecule has 6 heteroatoms. The zero-order valence-electron chi connectivity index (χ0n) is 12.6. The van der Waals surface area contributed by atoms with Crippen LogP contribution in [0.15, 0.2) is 0 Å².